The summed E-state index contributed by atoms with van der Waals surface area (Å²) in [6, 6.07) is 1.15. The van der Waals surface area contributed by atoms with E-state index in [1.807, 2.05) is 0 Å². The van der Waals surface area contributed by atoms with Crippen molar-refractivity contribution in [3.05, 3.63) is 14.7 Å². The predicted octanol–water partition coefficient (Wildman–Crippen LogP) is 1.46. The highest BCUT2D eigenvalue weighted by Gasteiger charge is 2.24. The Balaban J connectivity index is 3.34. The van der Waals surface area contributed by atoms with E-state index >= 15 is 0 Å². The Bertz CT molecular complexity index is 491. The van der Waals surface area contributed by atoms with E-state index in [1.165, 1.54) is 14.1 Å². The molecule has 8 heteroatoms. The first-order valence-corrected chi connectivity index (χ1v) is 6.77. The summed E-state index contributed by atoms with van der Waals surface area (Å²) in [5, 5.41) is 8.71. The minimum Gasteiger partial charge on any atom is -0.477 e. The second kappa shape index (κ2) is 4.20. The van der Waals surface area contributed by atoms with E-state index in [-0.39, 0.29) is 9.77 Å². The monoisotopic (exact) mass is 313 g/mol. The van der Waals surface area contributed by atoms with Gasteiger partial charge < -0.3 is 5.11 Å². The van der Waals surface area contributed by atoms with Gasteiger partial charge in [-0.05, 0) is 22.0 Å². The lowest BCUT2D eigenvalue weighted by Gasteiger charge is -2.09. The third kappa shape index (κ3) is 2.39. The summed E-state index contributed by atoms with van der Waals surface area (Å²) in [5.41, 5.74) is 0. The molecule has 1 heterocycles. The molecule has 0 bridgehead atoms. The van der Waals surface area contributed by atoms with Crippen LogP contribution in [0.2, 0.25) is 0 Å². The molecule has 15 heavy (non-hydrogen) atoms. The smallest absolute Gasteiger partial charge is 0.345 e. The number of rotatable bonds is 3. The maximum Gasteiger partial charge on any atom is 0.345 e. The van der Waals surface area contributed by atoms with E-state index in [2.05, 4.69) is 15.9 Å². The van der Waals surface area contributed by atoms with Crippen molar-refractivity contribution >= 4 is 43.3 Å². The molecule has 0 unspecified atom stereocenters. The Morgan fingerprint density at radius 1 is 1.53 bits per heavy atom. The fourth-order valence-electron chi connectivity index (χ4n) is 0.830. The molecule has 0 atom stereocenters. The molecule has 0 saturated heterocycles. The quantitative estimate of drug-likeness (QED) is 0.916. The van der Waals surface area contributed by atoms with Gasteiger partial charge in [-0.2, -0.15) is 0 Å². The highest BCUT2D eigenvalue weighted by atomic mass is 79.9. The van der Waals surface area contributed by atoms with Gasteiger partial charge in [0.15, 0.2) is 0 Å². The molecule has 0 aromatic carbocycles. The normalized spacial score (nSPS) is 12.0. The molecule has 0 radical (unpaired) electrons. The van der Waals surface area contributed by atoms with E-state index in [0.717, 1.165) is 21.7 Å². The largest absolute Gasteiger partial charge is 0.477 e. The van der Waals surface area contributed by atoms with Crippen molar-refractivity contribution < 1.29 is 18.3 Å². The van der Waals surface area contributed by atoms with E-state index in [4.69, 9.17) is 5.11 Å². The summed E-state index contributed by atoms with van der Waals surface area (Å²) in [6.45, 7) is 0. The highest BCUT2D eigenvalue weighted by Crippen LogP contribution is 2.32. The van der Waals surface area contributed by atoms with Crippen LogP contribution in [0, 0.1) is 0 Å². The van der Waals surface area contributed by atoms with Gasteiger partial charge >= 0.3 is 5.97 Å². The number of sulfonamides is 1. The number of carbonyl (C=O) groups is 1. The summed E-state index contributed by atoms with van der Waals surface area (Å²) in [6.07, 6.45) is 0. The Hall–Kier alpha value is -0.440. The van der Waals surface area contributed by atoms with Gasteiger partial charge in [0.2, 0.25) is 10.0 Å². The van der Waals surface area contributed by atoms with Crippen molar-refractivity contribution in [1.29, 1.82) is 0 Å². The second-order valence-electron chi connectivity index (χ2n) is 2.84. The molecule has 0 aliphatic carbocycles. The van der Waals surface area contributed by atoms with Crippen molar-refractivity contribution in [1.82, 2.24) is 4.31 Å². The first-order chi connectivity index (χ1) is 6.76. The van der Waals surface area contributed by atoms with Crippen LogP contribution in [0.3, 0.4) is 0 Å². The van der Waals surface area contributed by atoms with Crippen LogP contribution in [-0.2, 0) is 10.0 Å². The SMILES string of the molecule is CN(C)S(=O)(=O)c1cc(C(=O)O)sc1Br. The Kier molecular flexibility index (Phi) is 3.54. The highest BCUT2D eigenvalue weighted by molar-refractivity contribution is 9.11. The molecule has 5 nitrogen and oxygen atoms in total. The number of aromatic carboxylic acids is 1. The Morgan fingerprint density at radius 2 is 2.07 bits per heavy atom. The third-order valence-corrected chi connectivity index (χ3v) is 5.68. The Morgan fingerprint density at radius 3 is 2.40 bits per heavy atom. The number of thiophene rings is 1. The molecule has 1 rings (SSSR count). The van der Waals surface area contributed by atoms with Crippen LogP contribution in [0.15, 0.2) is 14.7 Å². The van der Waals surface area contributed by atoms with Gasteiger partial charge in [-0.1, -0.05) is 0 Å². The van der Waals surface area contributed by atoms with E-state index in [1.54, 1.807) is 0 Å². The summed E-state index contributed by atoms with van der Waals surface area (Å²) in [5.74, 6) is -1.14. The molecular formula is C7H8BrNO4S2. The standard InChI is InChI=1S/C7H8BrNO4S2/c1-9(2)15(12,13)5-3-4(7(10)11)14-6(5)8/h3H,1-2H3,(H,10,11). The molecule has 84 valence electrons. The molecular weight excluding hydrogens is 306 g/mol. The first-order valence-electron chi connectivity index (χ1n) is 3.72. The minimum absolute atomic E-state index is 0.0118. The molecule has 0 fully saturated rings. The average molecular weight is 314 g/mol. The number of carboxylic acids is 1. The maximum atomic E-state index is 11.7. The third-order valence-electron chi connectivity index (χ3n) is 1.62. The Labute approximate surface area is 99.5 Å². The maximum absolute atomic E-state index is 11.7. The van der Waals surface area contributed by atoms with Gasteiger partial charge in [0.25, 0.3) is 0 Å². The molecule has 1 aromatic heterocycles. The van der Waals surface area contributed by atoms with Gasteiger partial charge in [0.1, 0.15) is 9.77 Å². The van der Waals surface area contributed by atoms with Gasteiger partial charge in [0.05, 0.1) is 3.79 Å². The van der Waals surface area contributed by atoms with Crippen LogP contribution in [0.4, 0.5) is 0 Å². The number of nitrogens with zero attached hydrogens (tertiary/aromatic N) is 1. The number of carboxylic acid groups (broad SMARTS) is 1. The van der Waals surface area contributed by atoms with Gasteiger partial charge in [-0.25, -0.2) is 17.5 Å². The summed E-state index contributed by atoms with van der Waals surface area (Å²) >= 11 is 3.92. The summed E-state index contributed by atoms with van der Waals surface area (Å²) in [4.78, 5) is 10.6. The van der Waals surface area contributed by atoms with Crippen LogP contribution in [0.1, 0.15) is 9.67 Å². The lowest BCUT2D eigenvalue weighted by atomic mass is 10.5. The van der Waals surface area contributed by atoms with Crippen LogP contribution < -0.4 is 0 Å². The van der Waals surface area contributed by atoms with Crippen molar-refractivity contribution in [2.45, 2.75) is 4.90 Å². The van der Waals surface area contributed by atoms with Gasteiger partial charge in [-0.3, -0.25) is 0 Å². The lowest BCUT2D eigenvalue weighted by Crippen LogP contribution is -2.22. The minimum atomic E-state index is -3.59. The number of halogens is 1. The summed E-state index contributed by atoms with van der Waals surface area (Å²) < 4.78 is 24.7. The first kappa shape index (κ1) is 12.6. The van der Waals surface area contributed by atoms with E-state index < -0.39 is 16.0 Å². The van der Waals surface area contributed by atoms with Crippen molar-refractivity contribution in [2.24, 2.45) is 0 Å². The molecule has 0 saturated carbocycles. The van der Waals surface area contributed by atoms with E-state index in [0.29, 0.717) is 3.79 Å². The topological polar surface area (TPSA) is 74.7 Å². The van der Waals surface area contributed by atoms with Gasteiger partial charge in [-0.15, -0.1) is 11.3 Å². The zero-order valence-electron chi connectivity index (χ0n) is 7.89. The molecule has 0 aliphatic rings. The fraction of sp³-hybridized carbons (Fsp3) is 0.286. The van der Waals surface area contributed by atoms with E-state index in [9.17, 15) is 13.2 Å². The lowest BCUT2D eigenvalue weighted by molar-refractivity contribution is 0.0702. The molecule has 1 N–H and O–H groups in total. The van der Waals surface area contributed by atoms with Crippen LogP contribution in [0.5, 0.6) is 0 Å². The average Bonchev–Trinajstić information content (AvgIpc) is 2.47. The van der Waals surface area contributed by atoms with Crippen molar-refractivity contribution in [3.8, 4) is 0 Å². The second-order valence-corrected chi connectivity index (χ2v) is 7.33. The zero-order chi connectivity index (χ0) is 11.8. The summed E-state index contributed by atoms with van der Waals surface area (Å²) in [7, 11) is -0.809. The number of hydrogen-bond acceptors (Lipinski definition) is 4. The fourth-order valence-corrected chi connectivity index (χ4v) is 4.08. The molecule has 0 aliphatic heterocycles. The molecule has 0 amide bonds. The van der Waals surface area contributed by atoms with Crippen LogP contribution >= 0.6 is 27.3 Å². The predicted molar refractivity (Wildman–Crippen MR) is 59.9 cm³/mol. The molecule has 0 spiro atoms. The molecule has 1 aromatic rings. The van der Waals surface area contributed by atoms with Gasteiger partial charge in [0, 0.05) is 14.1 Å². The van der Waals surface area contributed by atoms with Crippen molar-refractivity contribution in [2.75, 3.05) is 14.1 Å². The number of hydrogen-bond donors (Lipinski definition) is 1. The van der Waals surface area contributed by atoms with Crippen LogP contribution in [-0.4, -0.2) is 37.9 Å². The zero-order valence-corrected chi connectivity index (χ0v) is 11.1. The van der Waals surface area contributed by atoms with Crippen LogP contribution in [0.25, 0.3) is 0 Å². The van der Waals surface area contributed by atoms with Crippen molar-refractivity contribution in [3.63, 3.8) is 0 Å².